The predicted octanol–water partition coefficient (Wildman–Crippen LogP) is 4.35. The van der Waals surface area contributed by atoms with E-state index in [9.17, 15) is 35.9 Å². The number of halogens is 6. The largest absolute Gasteiger partial charge is 0.481 e. The summed E-state index contributed by atoms with van der Waals surface area (Å²) in [7, 11) is 0. The summed E-state index contributed by atoms with van der Waals surface area (Å²) in [6.45, 7) is 3.08. The molecular formula is C17H15F6NO3S. The average molecular weight is 427 g/mol. The number of hydrogen-bond acceptors (Lipinski definition) is 3. The number of likely N-dealkylation sites (tertiary alicyclic amines) is 1. The van der Waals surface area contributed by atoms with Crippen LogP contribution in [0.2, 0.25) is 0 Å². The third-order valence-corrected chi connectivity index (χ3v) is 4.76. The van der Waals surface area contributed by atoms with Gasteiger partial charge >= 0.3 is 18.3 Å². The highest BCUT2D eigenvalue weighted by molar-refractivity contribution is 7.80. The van der Waals surface area contributed by atoms with Crippen LogP contribution in [-0.4, -0.2) is 35.0 Å². The fourth-order valence-electron chi connectivity index (χ4n) is 3.09. The highest BCUT2D eigenvalue weighted by atomic mass is 32.1. The molecule has 1 aromatic carbocycles. The fraction of sp³-hybridized carbons (Fsp3) is 0.412. The number of hydrogen-bond donors (Lipinski definition) is 2. The van der Waals surface area contributed by atoms with Gasteiger partial charge in [-0.15, -0.1) is 12.6 Å². The van der Waals surface area contributed by atoms with E-state index in [1.54, 1.807) is 0 Å². The molecule has 0 aliphatic carbocycles. The van der Waals surface area contributed by atoms with Gasteiger partial charge in [0.2, 0.25) is 0 Å². The Morgan fingerprint density at radius 1 is 1.11 bits per heavy atom. The van der Waals surface area contributed by atoms with Crippen LogP contribution < -0.4 is 0 Å². The number of carbonyl (C=O) groups excluding carboxylic acids is 1. The molecule has 1 atom stereocenters. The Balaban J connectivity index is 2.51. The molecule has 1 aromatic rings. The molecule has 0 aromatic heterocycles. The molecule has 1 aliphatic heterocycles. The van der Waals surface area contributed by atoms with Crippen molar-refractivity contribution in [3.8, 4) is 0 Å². The van der Waals surface area contributed by atoms with Gasteiger partial charge < -0.3 is 10.0 Å². The van der Waals surface area contributed by atoms with E-state index in [0.717, 1.165) is 4.90 Å². The molecule has 1 amide bonds. The number of amides is 1. The first-order valence-electron chi connectivity index (χ1n) is 7.96. The summed E-state index contributed by atoms with van der Waals surface area (Å²) < 4.78 is 80.1. The Kier molecular flexibility index (Phi) is 6.07. The van der Waals surface area contributed by atoms with Gasteiger partial charge in [0.25, 0.3) is 5.91 Å². The van der Waals surface area contributed by atoms with Crippen molar-refractivity contribution in [2.45, 2.75) is 30.1 Å². The zero-order valence-electron chi connectivity index (χ0n) is 14.2. The lowest BCUT2D eigenvalue weighted by Gasteiger charge is -2.32. The van der Waals surface area contributed by atoms with E-state index < -0.39 is 57.3 Å². The normalized spacial score (nSPS) is 18.1. The summed E-state index contributed by atoms with van der Waals surface area (Å²) in [5, 5.41) is 9.06. The molecule has 1 saturated heterocycles. The Bertz CT molecular complexity index is 818. The maximum atomic E-state index is 13.5. The highest BCUT2D eigenvalue weighted by Gasteiger charge is 2.47. The first-order chi connectivity index (χ1) is 12.7. The second kappa shape index (κ2) is 7.69. The van der Waals surface area contributed by atoms with E-state index in [-0.39, 0.29) is 19.5 Å². The maximum absolute atomic E-state index is 13.5. The van der Waals surface area contributed by atoms with Crippen molar-refractivity contribution in [2.75, 3.05) is 13.1 Å². The summed E-state index contributed by atoms with van der Waals surface area (Å²) in [5.74, 6) is -3.12. The molecule has 0 saturated carbocycles. The first kappa shape index (κ1) is 22.1. The Hall–Kier alpha value is -2.17. The minimum absolute atomic E-state index is 0.0692. The van der Waals surface area contributed by atoms with E-state index in [2.05, 4.69) is 19.2 Å². The number of aliphatic carboxylic acids is 1. The molecule has 0 spiro atoms. The zero-order valence-corrected chi connectivity index (χ0v) is 15.1. The molecule has 154 valence electrons. The number of alkyl halides is 6. The standard InChI is InChI=1S/C17H15F6NO3S/c1-8(14(25)24-6-2-3-9(7-24)15(26)27)10-4-5-11(28)13(17(21,22)23)12(10)16(18,19)20/h4-5,9,28H,1-3,6-7H2,(H,26,27). The Morgan fingerprint density at radius 3 is 2.18 bits per heavy atom. The molecular weight excluding hydrogens is 412 g/mol. The van der Waals surface area contributed by atoms with Crippen molar-refractivity contribution in [3.63, 3.8) is 0 Å². The van der Waals surface area contributed by atoms with Gasteiger partial charge in [0.15, 0.2) is 0 Å². The van der Waals surface area contributed by atoms with Crippen LogP contribution in [0.25, 0.3) is 5.57 Å². The Morgan fingerprint density at radius 2 is 1.68 bits per heavy atom. The van der Waals surface area contributed by atoms with E-state index >= 15 is 0 Å². The first-order valence-corrected chi connectivity index (χ1v) is 8.41. The summed E-state index contributed by atoms with van der Waals surface area (Å²) >= 11 is 3.49. The number of thiol groups is 1. The molecule has 1 N–H and O–H groups in total. The molecule has 1 fully saturated rings. The van der Waals surface area contributed by atoms with Crippen molar-refractivity contribution in [1.29, 1.82) is 0 Å². The third-order valence-electron chi connectivity index (χ3n) is 4.39. The minimum atomic E-state index is -5.42. The van der Waals surface area contributed by atoms with Gasteiger partial charge in [0.1, 0.15) is 0 Å². The van der Waals surface area contributed by atoms with Crippen molar-refractivity contribution in [2.24, 2.45) is 5.92 Å². The molecule has 1 unspecified atom stereocenters. The quantitative estimate of drug-likeness (QED) is 0.429. The summed E-state index contributed by atoms with van der Waals surface area (Å²) in [6.07, 6.45) is -10.2. The van der Waals surface area contributed by atoms with Gasteiger partial charge in [-0.05, 0) is 24.5 Å². The zero-order chi connectivity index (χ0) is 21.4. The highest BCUT2D eigenvalue weighted by Crippen LogP contribution is 2.46. The summed E-state index contributed by atoms with van der Waals surface area (Å²) in [6, 6.07) is 1.42. The number of carboxylic acid groups (broad SMARTS) is 1. The van der Waals surface area contributed by atoms with Crippen LogP contribution in [0.1, 0.15) is 29.5 Å². The SMILES string of the molecule is C=C(C(=O)N1CCCC(C(=O)O)C1)c1ccc(S)c(C(F)(F)F)c1C(F)(F)F. The van der Waals surface area contributed by atoms with Gasteiger partial charge in [-0.25, -0.2) is 0 Å². The van der Waals surface area contributed by atoms with Gasteiger partial charge in [0, 0.05) is 23.6 Å². The number of piperidine rings is 1. The van der Waals surface area contributed by atoms with E-state index in [4.69, 9.17) is 5.11 Å². The number of rotatable bonds is 3. The van der Waals surface area contributed by atoms with Crippen molar-refractivity contribution < 1.29 is 41.0 Å². The summed E-state index contributed by atoms with van der Waals surface area (Å²) in [5.41, 5.74) is -5.85. The molecule has 0 radical (unpaired) electrons. The second-order valence-corrected chi connectivity index (χ2v) is 6.77. The number of carbonyl (C=O) groups is 2. The topological polar surface area (TPSA) is 57.6 Å². The van der Waals surface area contributed by atoms with Crippen LogP contribution in [0, 0.1) is 5.92 Å². The van der Waals surface area contributed by atoms with Crippen molar-refractivity contribution in [1.82, 2.24) is 4.90 Å². The molecule has 28 heavy (non-hydrogen) atoms. The number of benzene rings is 1. The average Bonchev–Trinajstić information content (AvgIpc) is 2.58. The summed E-state index contributed by atoms with van der Waals surface area (Å²) in [4.78, 5) is 23.7. The lowest BCUT2D eigenvalue weighted by atomic mass is 9.92. The molecule has 1 heterocycles. The van der Waals surface area contributed by atoms with Gasteiger partial charge in [-0.3, -0.25) is 9.59 Å². The van der Waals surface area contributed by atoms with E-state index in [1.807, 2.05) is 0 Å². The fourth-order valence-corrected chi connectivity index (χ4v) is 3.41. The molecule has 2 rings (SSSR count). The molecule has 0 bridgehead atoms. The number of carboxylic acids is 1. The molecule has 1 aliphatic rings. The van der Waals surface area contributed by atoms with Crippen molar-refractivity contribution >= 4 is 30.1 Å². The predicted molar refractivity (Wildman–Crippen MR) is 89.7 cm³/mol. The smallest absolute Gasteiger partial charge is 0.418 e. The Labute approximate surface area is 161 Å². The van der Waals surface area contributed by atoms with Crippen LogP contribution in [0.15, 0.2) is 23.6 Å². The third kappa shape index (κ3) is 4.45. The van der Waals surface area contributed by atoms with E-state index in [1.165, 1.54) is 0 Å². The monoisotopic (exact) mass is 427 g/mol. The maximum Gasteiger partial charge on any atom is 0.418 e. The van der Waals surface area contributed by atoms with Gasteiger partial charge in [-0.2, -0.15) is 26.3 Å². The van der Waals surface area contributed by atoms with Crippen LogP contribution >= 0.6 is 12.6 Å². The van der Waals surface area contributed by atoms with E-state index in [0.29, 0.717) is 18.6 Å². The molecule has 11 heteroatoms. The van der Waals surface area contributed by atoms with Crippen LogP contribution in [-0.2, 0) is 21.9 Å². The minimum Gasteiger partial charge on any atom is -0.481 e. The lowest BCUT2D eigenvalue weighted by Crippen LogP contribution is -2.42. The van der Waals surface area contributed by atoms with Gasteiger partial charge in [0.05, 0.1) is 17.0 Å². The lowest BCUT2D eigenvalue weighted by molar-refractivity contribution is -0.163. The van der Waals surface area contributed by atoms with Crippen LogP contribution in [0.3, 0.4) is 0 Å². The number of nitrogens with zero attached hydrogens (tertiary/aromatic N) is 1. The van der Waals surface area contributed by atoms with Gasteiger partial charge in [-0.1, -0.05) is 12.6 Å². The van der Waals surface area contributed by atoms with Crippen molar-refractivity contribution in [3.05, 3.63) is 35.4 Å². The molecule has 4 nitrogen and oxygen atoms in total. The van der Waals surface area contributed by atoms with Crippen LogP contribution in [0.4, 0.5) is 26.3 Å². The van der Waals surface area contributed by atoms with Crippen LogP contribution in [0.5, 0.6) is 0 Å². The second-order valence-electron chi connectivity index (χ2n) is 6.28.